The molecule has 48 heavy (non-hydrogen) atoms. The van der Waals surface area contributed by atoms with E-state index in [0.29, 0.717) is 66.3 Å². The maximum absolute atomic E-state index is 15.9. The molecule has 0 bridgehead atoms. The second-order valence-corrected chi connectivity index (χ2v) is 14.0. The monoisotopic (exact) mass is 659 g/mol. The van der Waals surface area contributed by atoms with Gasteiger partial charge in [0.25, 0.3) is 0 Å². The highest BCUT2D eigenvalue weighted by Crippen LogP contribution is 2.48. The van der Waals surface area contributed by atoms with Crippen molar-refractivity contribution in [1.29, 1.82) is 0 Å². The topological polar surface area (TPSA) is 101 Å². The summed E-state index contributed by atoms with van der Waals surface area (Å²) >= 11 is 0. The Morgan fingerprint density at radius 2 is 1.71 bits per heavy atom. The van der Waals surface area contributed by atoms with Crippen LogP contribution in [0.15, 0.2) is 47.7 Å². The summed E-state index contributed by atoms with van der Waals surface area (Å²) in [6.45, 7) is 12.0. The van der Waals surface area contributed by atoms with Gasteiger partial charge in [0.05, 0.1) is 40.2 Å². The number of carbonyl (C=O) groups excluding carboxylic acids is 1. The quantitative estimate of drug-likeness (QED) is 0.237. The summed E-state index contributed by atoms with van der Waals surface area (Å²) in [5.74, 6) is -0.521. The Morgan fingerprint density at radius 1 is 1.04 bits per heavy atom. The molecule has 0 aliphatic carbocycles. The van der Waals surface area contributed by atoms with Crippen LogP contribution < -0.4 is 5.69 Å². The average Bonchev–Trinajstić information content (AvgIpc) is 3.73. The fourth-order valence-electron chi connectivity index (χ4n) is 7.14. The highest BCUT2D eigenvalue weighted by Gasteiger charge is 2.50. The maximum atomic E-state index is 15.9. The number of hydrogen-bond acceptors (Lipinski definition) is 6. The molecule has 13 heteroatoms. The fourth-order valence-corrected chi connectivity index (χ4v) is 7.14. The molecule has 2 aromatic carbocycles. The number of halogens is 2. The van der Waals surface area contributed by atoms with Crippen LogP contribution in [-0.2, 0) is 21.9 Å². The summed E-state index contributed by atoms with van der Waals surface area (Å²) in [5.41, 5.74) is 1.60. The lowest BCUT2D eigenvalue weighted by molar-refractivity contribution is -0.0112. The Balaban J connectivity index is 1.49. The van der Waals surface area contributed by atoms with E-state index >= 15 is 4.39 Å². The number of rotatable bonds is 3. The molecule has 5 heterocycles. The largest absolute Gasteiger partial charge is 0.444 e. The molecule has 1 spiro atoms. The Morgan fingerprint density at radius 3 is 2.38 bits per heavy atom. The number of carbonyl (C=O) groups is 1. The molecule has 7 rings (SSSR count). The van der Waals surface area contributed by atoms with Crippen LogP contribution in [0, 0.1) is 25.5 Å². The smallest absolute Gasteiger partial charge is 0.410 e. The zero-order chi connectivity index (χ0) is 34.3. The molecule has 0 radical (unpaired) electrons. The first-order valence-electron chi connectivity index (χ1n) is 16.1. The van der Waals surface area contributed by atoms with E-state index in [1.54, 1.807) is 65.6 Å². The van der Waals surface area contributed by atoms with E-state index < -0.39 is 34.7 Å². The minimum absolute atomic E-state index is 0.0667. The van der Waals surface area contributed by atoms with Crippen molar-refractivity contribution in [3.63, 3.8) is 0 Å². The SMILES string of the molecule is Cc1cc(-n2nc3c(c2-n2ccn(-c4ccc5c(cnn5C)c4F)c2=O)[C@H](C)N(C(=O)OC(C)(C)C)CC32CCOCC2)cc(C)c1F. The van der Waals surface area contributed by atoms with Gasteiger partial charge in [0.15, 0.2) is 5.82 Å². The third-order valence-electron chi connectivity index (χ3n) is 9.61. The first-order valence-corrected chi connectivity index (χ1v) is 16.1. The van der Waals surface area contributed by atoms with Crippen LogP contribution in [0.1, 0.15) is 69.0 Å². The van der Waals surface area contributed by atoms with Crippen molar-refractivity contribution in [2.45, 2.75) is 71.4 Å². The number of amides is 1. The third-order valence-corrected chi connectivity index (χ3v) is 9.61. The van der Waals surface area contributed by atoms with Gasteiger partial charge < -0.3 is 14.4 Å². The van der Waals surface area contributed by atoms with Gasteiger partial charge in [-0.05, 0) is 89.8 Å². The number of nitrogens with zero attached hydrogens (tertiary/aromatic N) is 7. The Hall–Kier alpha value is -4.78. The zero-order valence-electron chi connectivity index (χ0n) is 28.2. The molecule has 2 aliphatic heterocycles. The van der Waals surface area contributed by atoms with Crippen LogP contribution >= 0.6 is 0 Å². The van der Waals surface area contributed by atoms with E-state index in [4.69, 9.17) is 14.6 Å². The third kappa shape index (κ3) is 4.94. The predicted octanol–water partition coefficient (Wildman–Crippen LogP) is 5.96. The van der Waals surface area contributed by atoms with Crippen LogP contribution in [0.25, 0.3) is 28.1 Å². The van der Waals surface area contributed by atoms with Gasteiger partial charge >= 0.3 is 11.8 Å². The molecule has 1 atom stereocenters. The summed E-state index contributed by atoms with van der Waals surface area (Å²) < 4.78 is 48.3. The molecular weight excluding hydrogens is 620 g/mol. The highest BCUT2D eigenvalue weighted by atomic mass is 19.1. The van der Waals surface area contributed by atoms with Crippen molar-refractivity contribution in [2.75, 3.05) is 19.8 Å². The number of hydrogen-bond donors (Lipinski definition) is 0. The number of fused-ring (bicyclic) bond motifs is 3. The zero-order valence-corrected chi connectivity index (χ0v) is 28.2. The van der Waals surface area contributed by atoms with Gasteiger partial charge in [-0.2, -0.15) is 10.2 Å². The number of aromatic nitrogens is 6. The molecule has 11 nitrogen and oxygen atoms in total. The number of imidazole rings is 1. The fraction of sp³-hybridized carbons (Fsp3) is 0.429. The molecular formula is C35H39F2N7O4. The summed E-state index contributed by atoms with van der Waals surface area (Å²) in [6.07, 6.45) is 5.22. The van der Waals surface area contributed by atoms with Crippen LogP contribution in [0.5, 0.6) is 0 Å². The van der Waals surface area contributed by atoms with Crippen molar-refractivity contribution in [3.8, 4) is 17.2 Å². The van der Waals surface area contributed by atoms with Crippen LogP contribution in [0.4, 0.5) is 13.6 Å². The number of aryl methyl sites for hydroxylation is 3. The molecule has 3 aromatic heterocycles. The Labute approximate surface area is 276 Å². The maximum Gasteiger partial charge on any atom is 0.410 e. The Kier molecular flexibility index (Phi) is 7.39. The number of benzene rings is 2. The van der Waals surface area contributed by atoms with E-state index in [0.717, 1.165) is 5.69 Å². The minimum Gasteiger partial charge on any atom is -0.444 e. The molecule has 1 fully saturated rings. The van der Waals surface area contributed by atoms with Gasteiger partial charge in [-0.25, -0.2) is 23.1 Å². The Bertz CT molecular complexity index is 2120. The van der Waals surface area contributed by atoms with Gasteiger partial charge in [-0.3, -0.25) is 13.8 Å². The predicted molar refractivity (Wildman–Crippen MR) is 175 cm³/mol. The minimum atomic E-state index is -0.732. The second kappa shape index (κ2) is 11.1. The van der Waals surface area contributed by atoms with Crippen LogP contribution in [0.3, 0.4) is 0 Å². The van der Waals surface area contributed by atoms with Crippen LogP contribution in [0.2, 0.25) is 0 Å². The van der Waals surface area contributed by atoms with E-state index in [2.05, 4.69) is 5.10 Å². The van der Waals surface area contributed by atoms with Crippen molar-refractivity contribution in [3.05, 3.63) is 87.4 Å². The molecule has 1 saturated heterocycles. The number of ether oxygens (including phenoxy) is 2. The summed E-state index contributed by atoms with van der Waals surface area (Å²) in [6, 6.07) is 6.09. The van der Waals surface area contributed by atoms with Crippen molar-refractivity contribution < 1.29 is 23.0 Å². The van der Waals surface area contributed by atoms with E-state index in [1.807, 2.05) is 27.7 Å². The standard InChI is InChI=1S/C35H39F2N7O4/c1-20-16-23(17-21(2)28(20)36)44-31(42-13-12-41(32(42)45)26-9-8-25-24(29(26)37)18-38-40(25)7)27-22(3)43(33(46)48-34(4,5)6)19-35(30(27)39-44)10-14-47-15-11-35/h8-9,12-13,16-18,22H,10-11,14-15,19H2,1-7H3/t22-/m0/s1. The first-order chi connectivity index (χ1) is 22.7. The molecule has 2 aliphatic rings. The highest BCUT2D eigenvalue weighted by molar-refractivity contribution is 5.81. The average molecular weight is 660 g/mol. The van der Waals surface area contributed by atoms with Gasteiger partial charge in [0, 0.05) is 50.2 Å². The summed E-state index contributed by atoms with van der Waals surface area (Å²) in [5, 5.41) is 9.65. The molecule has 1 amide bonds. The van der Waals surface area contributed by atoms with Crippen molar-refractivity contribution in [2.24, 2.45) is 7.05 Å². The van der Waals surface area contributed by atoms with Crippen molar-refractivity contribution >= 4 is 17.0 Å². The lowest BCUT2D eigenvalue weighted by Crippen LogP contribution is -2.53. The van der Waals surface area contributed by atoms with Gasteiger partial charge in [-0.15, -0.1) is 0 Å². The first kappa shape index (κ1) is 31.8. The lowest BCUT2D eigenvalue weighted by atomic mass is 9.72. The van der Waals surface area contributed by atoms with Gasteiger partial charge in [0.1, 0.15) is 17.2 Å². The van der Waals surface area contributed by atoms with Gasteiger partial charge in [0.2, 0.25) is 0 Å². The van der Waals surface area contributed by atoms with Crippen LogP contribution in [-0.4, -0.2) is 65.0 Å². The lowest BCUT2D eigenvalue weighted by Gasteiger charge is -2.46. The molecule has 5 aromatic rings. The molecule has 0 saturated carbocycles. The van der Waals surface area contributed by atoms with E-state index in [9.17, 15) is 14.0 Å². The second-order valence-electron chi connectivity index (χ2n) is 14.0. The van der Waals surface area contributed by atoms with E-state index in [-0.39, 0.29) is 16.9 Å². The normalized spacial score (nSPS) is 17.7. The summed E-state index contributed by atoms with van der Waals surface area (Å²) in [4.78, 5) is 29.9. The van der Waals surface area contributed by atoms with E-state index in [1.165, 1.54) is 21.5 Å². The molecule has 252 valence electrons. The van der Waals surface area contributed by atoms with Crippen molar-refractivity contribution in [1.82, 2.24) is 33.6 Å². The van der Waals surface area contributed by atoms with Gasteiger partial charge in [-0.1, -0.05) is 0 Å². The molecule has 0 unspecified atom stereocenters. The summed E-state index contributed by atoms with van der Waals surface area (Å²) in [7, 11) is 1.72. The molecule has 0 N–H and O–H groups in total.